The number of halogens is 1. The molecule has 0 spiro atoms. The molecule has 0 radical (unpaired) electrons. The van der Waals surface area contributed by atoms with Crippen LogP contribution in [0.25, 0.3) is 0 Å². The summed E-state index contributed by atoms with van der Waals surface area (Å²) in [5.41, 5.74) is 0.395. The van der Waals surface area contributed by atoms with Gasteiger partial charge in [0.1, 0.15) is 18.0 Å². The second-order valence-electron chi connectivity index (χ2n) is 6.30. The molecule has 21 heavy (non-hydrogen) atoms. The molecule has 1 aliphatic rings. The number of benzene rings is 1. The van der Waals surface area contributed by atoms with Gasteiger partial charge in [0.25, 0.3) is 0 Å². The molecule has 2 atom stereocenters. The van der Waals surface area contributed by atoms with E-state index in [1.807, 2.05) is 0 Å². The molecular formula is C16H20FNO3. The minimum atomic E-state index is -0.558. The molecule has 1 aromatic carbocycles. The molecule has 5 heteroatoms. The van der Waals surface area contributed by atoms with Crippen LogP contribution in [0.3, 0.4) is 0 Å². The highest BCUT2D eigenvalue weighted by Gasteiger charge is 2.43. The van der Waals surface area contributed by atoms with Gasteiger partial charge >= 0.3 is 5.97 Å². The van der Waals surface area contributed by atoms with Gasteiger partial charge in [0.15, 0.2) is 0 Å². The number of nitrogens with one attached hydrogen (secondary N) is 1. The van der Waals surface area contributed by atoms with E-state index in [1.165, 1.54) is 12.1 Å². The molecule has 0 heterocycles. The van der Waals surface area contributed by atoms with Crippen LogP contribution < -0.4 is 5.32 Å². The topological polar surface area (TPSA) is 55.4 Å². The molecule has 2 rings (SSSR count). The third-order valence-corrected chi connectivity index (χ3v) is 3.25. The third-order valence-electron chi connectivity index (χ3n) is 3.25. The number of rotatable bonds is 4. The third kappa shape index (κ3) is 4.55. The Bertz CT molecular complexity index is 533. The van der Waals surface area contributed by atoms with Crippen molar-refractivity contribution in [3.63, 3.8) is 0 Å². The molecule has 1 aliphatic carbocycles. The molecule has 1 fully saturated rings. The molecular weight excluding hydrogens is 273 g/mol. The summed E-state index contributed by atoms with van der Waals surface area (Å²) in [4.78, 5) is 23.4. The summed E-state index contributed by atoms with van der Waals surface area (Å²) in [6.45, 7) is 5.21. The average Bonchev–Trinajstić information content (AvgIpc) is 3.15. The van der Waals surface area contributed by atoms with Crippen LogP contribution in [-0.4, -0.2) is 24.0 Å². The van der Waals surface area contributed by atoms with Gasteiger partial charge in [-0.3, -0.25) is 9.59 Å². The highest BCUT2D eigenvalue weighted by atomic mass is 19.1. The zero-order chi connectivity index (χ0) is 15.6. The molecule has 1 amide bonds. The lowest BCUT2D eigenvalue weighted by Crippen LogP contribution is -2.35. The van der Waals surface area contributed by atoms with E-state index in [0.717, 1.165) is 12.0 Å². The maximum Gasteiger partial charge on any atom is 0.325 e. The first-order chi connectivity index (χ1) is 9.76. The monoisotopic (exact) mass is 293 g/mol. The maximum absolute atomic E-state index is 12.8. The van der Waals surface area contributed by atoms with Crippen molar-refractivity contribution in [2.45, 2.75) is 38.7 Å². The molecule has 4 nitrogen and oxygen atoms in total. The highest BCUT2D eigenvalue weighted by Crippen LogP contribution is 2.47. The molecule has 1 saturated carbocycles. The lowest BCUT2D eigenvalue weighted by Gasteiger charge is -2.19. The average molecular weight is 293 g/mol. The van der Waals surface area contributed by atoms with E-state index in [-0.39, 0.29) is 30.1 Å². The van der Waals surface area contributed by atoms with E-state index < -0.39 is 11.6 Å². The van der Waals surface area contributed by atoms with Crippen LogP contribution in [0.4, 0.5) is 4.39 Å². The Labute approximate surface area is 123 Å². The normalized spacial score (nSPS) is 20.8. The Kier molecular flexibility index (Phi) is 4.30. The minimum absolute atomic E-state index is 0.115. The lowest BCUT2D eigenvalue weighted by atomic mass is 10.1. The van der Waals surface area contributed by atoms with Gasteiger partial charge in [-0.2, -0.15) is 0 Å². The number of carbonyl (C=O) groups excluding carboxylic acids is 2. The number of carbonyl (C=O) groups is 2. The quantitative estimate of drug-likeness (QED) is 0.867. The summed E-state index contributed by atoms with van der Waals surface area (Å²) in [5, 5.41) is 2.59. The summed E-state index contributed by atoms with van der Waals surface area (Å²) >= 11 is 0. The van der Waals surface area contributed by atoms with Crippen LogP contribution in [0.5, 0.6) is 0 Å². The number of ether oxygens (including phenoxy) is 1. The van der Waals surface area contributed by atoms with E-state index in [2.05, 4.69) is 5.32 Å². The van der Waals surface area contributed by atoms with Crippen molar-refractivity contribution in [3.05, 3.63) is 35.6 Å². The summed E-state index contributed by atoms with van der Waals surface area (Å²) in [6.07, 6.45) is 0.728. The van der Waals surface area contributed by atoms with Crippen molar-refractivity contribution in [3.8, 4) is 0 Å². The Balaban J connectivity index is 1.78. The van der Waals surface area contributed by atoms with Gasteiger partial charge in [-0.05, 0) is 50.8 Å². The largest absolute Gasteiger partial charge is 0.459 e. The standard InChI is InChI=1S/C16H20FNO3/c1-16(2,3)21-14(19)9-18-15(20)13-8-12(13)10-4-6-11(17)7-5-10/h4-7,12-13H,8-9H2,1-3H3,(H,18,20). The fraction of sp³-hybridized carbons (Fsp3) is 0.500. The van der Waals surface area contributed by atoms with E-state index in [0.29, 0.717) is 0 Å². The van der Waals surface area contributed by atoms with Crippen LogP contribution in [0.2, 0.25) is 0 Å². The molecule has 114 valence electrons. The molecule has 0 aromatic heterocycles. The molecule has 0 aliphatic heterocycles. The minimum Gasteiger partial charge on any atom is -0.459 e. The number of esters is 1. The van der Waals surface area contributed by atoms with E-state index >= 15 is 0 Å². The van der Waals surface area contributed by atoms with Crippen molar-refractivity contribution in [2.75, 3.05) is 6.54 Å². The fourth-order valence-electron chi connectivity index (χ4n) is 2.23. The summed E-state index contributed by atoms with van der Waals surface area (Å²) in [5.74, 6) is -0.919. The Morgan fingerprint density at radius 2 is 1.90 bits per heavy atom. The van der Waals surface area contributed by atoms with Crippen molar-refractivity contribution in [1.82, 2.24) is 5.32 Å². The van der Waals surface area contributed by atoms with Gasteiger partial charge in [0.05, 0.1) is 0 Å². The van der Waals surface area contributed by atoms with Gasteiger partial charge in [-0.15, -0.1) is 0 Å². The molecule has 1 aromatic rings. The zero-order valence-electron chi connectivity index (χ0n) is 12.5. The van der Waals surface area contributed by atoms with Crippen LogP contribution in [0.1, 0.15) is 38.7 Å². The van der Waals surface area contributed by atoms with Gasteiger partial charge < -0.3 is 10.1 Å². The predicted molar refractivity (Wildman–Crippen MR) is 76.1 cm³/mol. The van der Waals surface area contributed by atoms with Gasteiger partial charge in [0, 0.05) is 5.92 Å². The SMILES string of the molecule is CC(C)(C)OC(=O)CNC(=O)C1CC1c1ccc(F)cc1. The smallest absolute Gasteiger partial charge is 0.325 e. The van der Waals surface area contributed by atoms with E-state index in [4.69, 9.17) is 4.74 Å². The van der Waals surface area contributed by atoms with E-state index in [9.17, 15) is 14.0 Å². The Morgan fingerprint density at radius 3 is 2.48 bits per heavy atom. The van der Waals surface area contributed by atoms with Gasteiger partial charge in [-0.25, -0.2) is 4.39 Å². The fourth-order valence-corrected chi connectivity index (χ4v) is 2.23. The Hall–Kier alpha value is -1.91. The molecule has 1 N–H and O–H groups in total. The van der Waals surface area contributed by atoms with Crippen LogP contribution in [-0.2, 0) is 14.3 Å². The molecule has 2 unspecified atom stereocenters. The second-order valence-corrected chi connectivity index (χ2v) is 6.30. The van der Waals surface area contributed by atoms with Crippen molar-refractivity contribution in [2.24, 2.45) is 5.92 Å². The highest BCUT2D eigenvalue weighted by molar-refractivity contribution is 5.86. The van der Waals surface area contributed by atoms with Crippen LogP contribution >= 0.6 is 0 Å². The second kappa shape index (κ2) is 5.84. The van der Waals surface area contributed by atoms with Crippen molar-refractivity contribution < 1.29 is 18.7 Å². The summed E-state index contributed by atoms with van der Waals surface area (Å²) in [6, 6.07) is 6.18. The number of hydrogen-bond acceptors (Lipinski definition) is 3. The summed E-state index contributed by atoms with van der Waals surface area (Å²) < 4.78 is 18.0. The molecule has 0 saturated heterocycles. The van der Waals surface area contributed by atoms with Gasteiger partial charge in [0.2, 0.25) is 5.91 Å². The first-order valence-electron chi connectivity index (χ1n) is 7.01. The zero-order valence-corrected chi connectivity index (χ0v) is 12.5. The summed E-state index contributed by atoms with van der Waals surface area (Å²) in [7, 11) is 0. The number of amides is 1. The van der Waals surface area contributed by atoms with E-state index in [1.54, 1.807) is 32.9 Å². The van der Waals surface area contributed by atoms with Crippen LogP contribution in [0, 0.1) is 11.7 Å². The Morgan fingerprint density at radius 1 is 1.29 bits per heavy atom. The van der Waals surface area contributed by atoms with Gasteiger partial charge in [-0.1, -0.05) is 12.1 Å². The molecule has 0 bridgehead atoms. The van der Waals surface area contributed by atoms with Crippen LogP contribution in [0.15, 0.2) is 24.3 Å². The first-order valence-corrected chi connectivity index (χ1v) is 7.01. The van der Waals surface area contributed by atoms with Crippen molar-refractivity contribution in [1.29, 1.82) is 0 Å². The van der Waals surface area contributed by atoms with Crippen molar-refractivity contribution >= 4 is 11.9 Å². The predicted octanol–water partition coefficient (Wildman–Crippen LogP) is 2.39. The first kappa shape index (κ1) is 15.5. The maximum atomic E-state index is 12.8. The lowest BCUT2D eigenvalue weighted by molar-refractivity contribution is -0.154. The number of hydrogen-bond donors (Lipinski definition) is 1.